The zero-order chi connectivity index (χ0) is 8.48. The first-order valence-corrected chi connectivity index (χ1v) is 2.96. The van der Waals surface area contributed by atoms with E-state index in [1.165, 1.54) is 12.4 Å². The Morgan fingerprint density at radius 1 is 1.18 bits per heavy atom. The van der Waals surface area contributed by atoms with Gasteiger partial charge in [0.2, 0.25) is 0 Å². The molecule has 1 aliphatic heterocycles. The van der Waals surface area contributed by atoms with Crippen molar-refractivity contribution in [3.8, 4) is 0 Å². The van der Waals surface area contributed by atoms with Crippen molar-refractivity contribution in [1.29, 1.82) is 0 Å². The standard InChI is InChI=1S/C6H7F3N2/c7-6(8,9)5-1-3-11(10)4-2-5/h1-5H,10H2. The van der Waals surface area contributed by atoms with Crippen molar-refractivity contribution in [2.75, 3.05) is 0 Å². The smallest absolute Gasteiger partial charge is 0.295 e. The van der Waals surface area contributed by atoms with E-state index in [1.54, 1.807) is 0 Å². The van der Waals surface area contributed by atoms with Crippen LogP contribution in [0, 0.1) is 5.92 Å². The highest BCUT2D eigenvalue weighted by Gasteiger charge is 2.36. The van der Waals surface area contributed by atoms with Crippen LogP contribution >= 0.6 is 0 Å². The quantitative estimate of drug-likeness (QED) is 0.548. The molecule has 2 N–H and O–H groups in total. The van der Waals surface area contributed by atoms with Gasteiger partial charge in [0, 0.05) is 12.4 Å². The van der Waals surface area contributed by atoms with Crippen LogP contribution < -0.4 is 5.84 Å². The molecule has 11 heavy (non-hydrogen) atoms. The second-order valence-corrected chi connectivity index (χ2v) is 2.20. The minimum atomic E-state index is -4.20. The molecule has 62 valence electrons. The van der Waals surface area contributed by atoms with Crippen LogP contribution in [0.15, 0.2) is 24.6 Å². The van der Waals surface area contributed by atoms with E-state index in [0.717, 1.165) is 17.2 Å². The molecule has 5 heteroatoms. The van der Waals surface area contributed by atoms with Gasteiger partial charge < -0.3 is 0 Å². The van der Waals surface area contributed by atoms with Crippen molar-refractivity contribution >= 4 is 0 Å². The van der Waals surface area contributed by atoms with Crippen LogP contribution in [0.2, 0.25) is 0 Å². The number of hydrazine groups is 1. The first-order chi connectivity index (χ1) is 5.00. The molecule has 0 radical (unpaired) electrons. The second-order valence-electron chi connectivity index (χ2n) is 2.20. The zero-order valence-electron chi connectivity index (χ0n) is 5.55. The van der Waals surface area contributed by atoms with E-state index in [-0.39, 0.29) is 0 Å². The van der Waals surface area contributed by atoms with Crippen LogP contribution in [-0.4, -0.2) is 11.2 Å². The van der Waals surface area contributed by atoms with E-state index in [0.29, 0.717) is 0 Å². The Hall–Kier alpha value is -0.970. The van der Waals surface area contributed by atoms with Crippen molar-refractivity contribution in [1.82, 2.24) is 5.01 Å². The maximum Gasteiger partial charge on any atom is 0.398 e. The molecule has 0 amide bonds. The second kappa shape index (κ2) is 2.58. The predicted molar refractivity (Wildman–Crippen MR) is 33.9 cm³/mol. The number of hydrogen-bond donors (Lipinski definition) is 1. The summed E-state index contributed by atoms with van der Waals surface area (Å²) in [5.41, 5.74) is 0. The molecule has 0 spiro atoms. The monoisotopic (exact) mass is 164 g/mol. The van der Waals surface area contributed by atoms with Gasteiger partial charge in [-0.15, -0.1) is 0 Å². The summed E-state index contributed by atoms with van der Waals surface area (Å²) in [6.45, 7) is 0. The molecule has 1 heterocycles. The van der Waals surface area contributed by atoms with Crippen molar-refractivity contribution in [3.05, 3.63) is 24.6 Å². The van der Waals surface area contributed by atoms with E-state index >= 15 is 0 Å². The fourth-order valence-corrected chi connectivity index (χ4v) is 0.716. The minimum Gasteiger partial charge on any atom is -0.295 e. The molecule has 1 rings (SSSR count). The fraction of sp³-hybridized carbons (Fsp3) is 0.333. The van der Waals surface area contributed by atoms with Gasteiger partial charge in [0.15, 0.2) is 0 Å². The predicted octanol–water partition coefficient (Wildman–Crippen LogP) is 1.38. The molecule has 0 saturated heterocycles. The largest absolute Gasteiger partial charge is 0.398 e. The lowest BCUT2D eigenvalue weighted by molar-refractivity contribution is -0.149. The molecule has 0 bridgehead atoms. The normalized spacial score (nSPS) is 19.5. The Kier molecular flexibility index (Phi) is 1.90. The molecule has 1 aliphatic rings. The van der Waals surface area contributed by atoms with Crippen LogP contribution in [0.4, 0.5) is 13.2 Å². The Morgan fingerprint density at radius 3 is 2.00 bits per heavy atom. The summed E-state index contributed by atoms with van der Waals surface area (Å²) in [6, 6.07) is 0. The summed E-state index contributed by atoms with van der Waals surface area (Å²) >= 11 is 0. The van der Waals surface area contributed by atoms with E-state index in [2.05, 4.69) is 0 Å². The first-order valence-electron chi connectivity index (χ1n) is 2.96. The summed E-state index contributed by atoms with van der Waals surface area (Å²) in [6.07, 6.45) is 0.157. The van der Waals surface area contributed by atoms with E-state index in [4.69, 9.17) is 5.84 Å². The average Bonchev–Trinajstić information content (AvgIpc) is 1.86. The van der Waals surface area contributed by atoms with Crippen LogP contribution in [-0.2, 0) is 0 Å². The van der Waals surface area contributed by atoms with Gasteiger partial charge in [-0.05, 0) is 0 Å². The van der Waals surface area contributed by atoms with Gasteiger partial charge in [-0.3, -0.25) is 5.01 Å². The van der Waals surface area contributed by atoms with Gasteiger partial charge >= 0.3 is 6.18 Å². The van der Waals surface area contributed by atoms with Crippen molar-refractivity contribution in [2.24, 2.45) is 11.8 Å². The van der Waals surface area contributed by atoms with Gasteiger partial charge in [-0.25, -0.2) is 5.84 Å². The lowest BCUT2D eigenvalue weighted by Crippen LogP contribution is -2.26. The Balaban J connectivity index is 2.66. The zero-order valence-corrected chi connectivity index (χ0v) is 5.55. The Bertz CT molecular complexity index is 180. The first kappa shape index (κ1) is 8.13. The lowest BCUT2D eigenvalue weighted by Gasteiger charge is -2.18. The molecule has 2 nitrogen and oxygen atoms in total. The van der Waals surface area contributed by atoms with E-state index in [9.17, 15) is 13.2 Å². The van der Waals surface area contributed by atoms with Gasteiger partial charge in [0.05, 0.1) is 5.92 Å². The highest BCUT2D eigenvalue weighted by Crippen LogP contribution is 2.29. The summed E-state index contributed by atoms with van der Waals surface area (Å²) in [5, 5.41) is 1.07. The SMILES string of the molecule is NN1C=CC(C(F)(F)F)C=C1. The summed E-state index contributed by atoms with van der Waals surface area (Å²) in [5.74, 6) is 3.63. The summed E-state index contributed by atoms with van der Waals surface area (Å²) < 4.78 is 35.7. The summed E-state index contributed by atoms with van der Waals surface area (Å²) in [7, 11) is 0. The Labute approximate surface area is 61.7 Å². The van der Waals surface area contributed by atoms with E-state index < -0.39 is 12.1 Å². The summed E-state index contributed by atoms with van der Waals surface area (Å²) in [4.78, 5) is 0. The van der Waals surface area contributed by atoms with Crippen molar-refractivity contribution in [3.63, 3.8) is 0 Å². The molecular formula is C6H7F3N2. The van der Waals surface area contributed by atoms with Gasteiger partial charge in [0.25, 0.3) is 0 Å². The third kappa shape index (κ3) is 1.98. The molecular weight excluding hydrogens is 157 g/mol. The fourth-order valence-electron chi connectivity index (χ4n) is 0.716. The number of allylic oxidation sites excluding steroid dienone is 2. The van der Waals surface area contributed by atoms with Crippen LogP contribution in [0.3, 0.4) is 0 Å². The minimum absolute atomic E-state index is 1.00. The maximum atomic E-state index is 11.9. The molecule has 0 saturated carbocycles. The molecule has 0 aliphatic carbocycles. The van der Waals surface area contributed by atoms with Gasteiger partial charge in [-0.1, -0.05) is 12.2 Å². The van der Waals surface area contributed by atoms with Gasteiger partial charge in [-0.2, -0.15) is 13.2 Å². The Morgan fingerprint density at radius 2 is 1.64 bits per heavy atom. The number of nitrogens with two attached hydrogens (primary N) is 1. The topological polar surface area (TPSA) is 29.3 Å². The number of alkyl halides is 3. The van der Waals surface area contributed by atoms with Crippen LogP contribution in [0.25, 0.3) is 0 Å². The van der Waals surface area contributed by atoms with Crippen LogP contribution in [0.5, 0.6) is 0 Å². The van der Waals surface area contributed by atoms with Crippen LogP contribution in [0.1, 0.15) is 0 Å². The maximum absolute atomic E-state index is 11.9. The molecule has 0 aromatic rings. The lowest BCUT2D eigenvalue weighted by atomic mass is 10.1. The average molecular weight is 164 g/mol. The number of nitrogens with zero attached hydrogens (tertiary/aromatic N) is 1. The highest BCUT2D eigenvalue weighted by atomic mass is 19.4. The number of halogens is 3. The number of hydrogen-bond acceptors (Lipinski definition) is 2. The van der Waals surface area contributed by atoms with Crippen molar-refractivity contribution < 1.29 is 13.2 Å². The third-order valence-electron chi connectivity index (χ3n) is 1.31. The molecule has 0 aromatic heterocycles. The van der Waals surface area contributed by atoms with E-state index in [1.807, 2.05) is 0 Å². The third-order valence-corrected chi connectivity index (χ3v) is 1.31. The highest BCUT2D eigenvalue weighted by molar-refractivity contribution is 5.08. The molecule has 0 aromatic carbocycles. The molecule has 0 atom stereocenters. The number of rotatable bonds is 0. The molecule has 0 fully saturated rings. The molecule has 0 unspecified atom stereocenters. The van der Waals surface area contributed by atoms with Gasteiger partial charge in [0.1, 0.15) is 0 Å². The van der Waals surface area contributed by atoms with Crippen molar-refractivity contribution in [2.45, 2.75) is 6.18 Å².